The van der Waals surface area contributed by atoms with Crippen LogP contribution < -0.4 is 0 Å². The van der Waals surface area contributed by atoms with Crippen LogP contribution in [-0.2, 0) is 0 Å². The molecule has 2 rings (SSSR count). The Morgan fingerprint density at radius 1 is 1.10 bits per heavy atom. The van der Waals surface area contributed by atoms with Crippen LogP contribution in [0.1, 0.15) is 50.4 Å². The third-order valence-electron chi connectivity index (χ3n) is 4.90. The number of amides is 1. The van der Waals surface area contributed by atoms with Crippen molar-refractivity contribution in [3.63, 3.8) is 0 Å². The Morgan fingerprint density at radius 3 is 2.24 bits per heavy atom. The van der Waals surface area contributed by atoms with Crippen LogP contribution in [0.3, 0.4) is 0 Å². The van der Waals surface area contributed by atoms with Gasteiger partial charge in [0.05, 0.1) is 0 Å². The molecule has 1 atom stereocenters. The monoisotopic (exact) mass is 288 g/mol. The molecule has 21 heavy (non-hydrogen) atoms. The summed E-state index contributed by atoms with van der Waals surface area (Å²) >= 11 is 0. The SMILES string of the molecule is CCCC(C)(CC)N1CCN(C(=O)c2ccccc2)CC1. The number of hydrogen-bond donors (Lipinski definition) is 0. The maximum Gasteiger partial charge on any atom is 0.253 e. The van der Waals surface area contributed by atoms with Crippen molar-refractivity contribution < 1.29 is 4.79 Å². The van der Waals surface area contributed by atoms with Crippen LogP contribution in [0.25, 0.3) is 0 Å². The van der Waals surface area contributed by atoms with E-state index in [4.69, 9.17) is 0 Å². The van der Waals surface area contributed by atoms with E-state index in [1.807, 2.05) is 35.2 Å². The topological polar surface area (TPSA) is 23.6 Å². The summed E-state index contributed by atoms with van der Waals surface area (Å²) in [6.07, 6.45) is 3.62. The third-order valence-corrected chi connectivity index (χ3v) is 4.90. The van der Waals surface area contributed by atoms with Crippen LogP contribution in [0.15, 0.2) is 30.3 Å². The standard InChI is InChI=1S/C18H28N2O/c1-4-11-18(3,5-2)20-14-12-19(13-15-20)17(21)16-9-7-6-8-10-16/h6-10H,4-5,11-15H2,1-3H3. The van der Waals surface area contributed by atoms with E-state index in [1.54, 1.807) is 0 Å². The number of piperazine rings is 1. The van der Waals surface area contributed by atoms with Gasteiger partial charge in [0.15, 0.2) is 0 Å². The van der Waals surface area contributed by atoms with Crippen molar-refractivity contribution in [1.82, 2.24) is 9.80 Å². The van der Waals surface area contributed by atoms with E-state index in [9.17, 15) is 4.79 Å². The molecule has 0 radical (unpaired) electrons. The highest BCUT2D eigenvalue weighted by Gasteiger charge is 2.32. The molecule has 1 aromatic carbocycles. The van der Waals surface area contributed by atoms with Gasteiger partial charge in [-0.1, -0.05) is 38.5 Å². The number of nitrogens with zero attached hydrogens (tertiary/aromatic N) is 2. The maximum atomic E-state index is 12.5. The summed E-state index contributed by atoms with van der Waals surface area (Å²) in [4.78, 5) is 17.0. The van der Waals surface area contributed by atoms with Crippen LogP contribution >= 0.6 is 0 Å². The normalized spacial score (nSPS) is 19.3. The van der Waals surface area contributed by atoms with Crippen molar-refractivity contribution in [3.05, 3.63) is 35.9 Å². The van der Waals surface area contributed by atoms with Crippen LogP contribution in [0, 0.1) is 0 Å². The lowest BCUT2D eigenvalue weighted by Crippen LogP contribution is -2.56. The molecule has 0 bridgehead atoms. The lowest BCUT2D eigenvalue weighted by atomic mass is 9.90. The predicted octanol–water partition coefficient (Wildman–Crippen LogP) is 3.41. The highest BCUT2D eigenvalue weighted by molar-refractivity contribution is 5.94. The first kappa shape index (κ1) is 16.0. The first-order valence-electron chi connectivity index (χ1n) is 8.20. The molecular formula is C18H28N2O. The Hall–Kier alpha value is -1.35. The van der Waals surface area contributed by atoms with Gasteiger partial charge < -0.3 is 4.90 Å². The second-order valence-electron chi connectivity index (χ2n) is 6.25. The van der Waals surface area contributed by atoms with Gasteiger partial charge in [0.1, 0.15) is 0 Å². The average Bonchev–Trinajstić information content (AvgIpc) is 2.55. The number of carbonyl (C=O) groups is 1. The Kier molecular flexibility index (Phi) is 5.40. The molecule has 1 saturated heterocycles. The summed E-state index contributed by atoms with van der Waals surface area (Å²) in [5.41, 5.74) is 1.09. The van der Waals surface area contributed by atoms with Gasteiger partial charge in [-0.3, -0.25) is 9.69 Å². The van der Waals surface area contributed by atoms with Gasteiger partial charge in [-0.05, 0) is 31.9 Å². The van der Waals surface area contributed by atoms with E-state index in [0.717, 1.165) is 31.7 Å². The third kappa shape index (κ3) is 3.65. The van der Waals surface area contributed by atoms with Crippen LogP contribution in [0.5, 0.6) is 0 Å². The Balaban J connectivity index is 1.95. The molecule has 0 spiro atoms. The molecule has 116 valence electrons. The minimum atomic E-state index is 0.170. The Bertz CT molecular complexity index is 452. The number of rotatable bonds is 5. The zero-order valence-electron chi connectivity index (χ0n) is 13.6. The predicted molar refractivity (Wildman–Crippen MR) is 87.5 cm³/mol. The Morgan fingerprint density at radius 2 is 1.71 bits per heavy atom. The lowest BCUT2D eigenvalue weighted by Gasteiger charge is -2.45. The molecule has 0 aromatic heterocycles. The highest BCUT2D eigenvalue weighted by Crippen LogP contribution is 2.26. The molecule has 0 aliphatic carbocycles. The second kappa shape index (κ2) is 7.08. The van der Waals surface area contributed by atoms with Crippen molar-refractivity contribution >= 4 is 5.91 Å². The van der Waals surface area contributed by atoms with Crippen LogP contribution in [0.4, 0.5) is 0 Å². The molecule has 1 aliphatic heterocycles. The lowest BCUT2D eigenvalue weighted by molar-refractivity contribution is 0.0288. The van der Waals surface area contributed by atoms with E-state index in [0.29, 0.717) is 0 Å². The van der Waals surface area contributed by atoms with Gasteiger partial charge in [0, 0.05) is 37.3 Å². The number of carbonyl (C=O) groups excluding carboxylic acids is 1. The summed E-state index contributed by atoms with van der Waals surface area (Å²) in [5.74, 6) is 0.170. The molecule has 1 heterocycles. The Labute approximate surface area is 128 Å². The molecular weight excluding hydrogens is 260 g/mol. The summed E-state index contributed by atoms with van der Waals surface area (Å²) in [7, 11) is 0. The van der Waals surface area contributed by atoms with Gasteiger partial charge in [-0.15, -0.1) is 0 Å². The van der Waals surface area contributed by atoms with Crippen molar-refractivity contribution in [2.75, 3.05) is 26.2 Å². The van der Waals surface area contributed by atoms with E-state index >= 15 is 0 Å². The molecule has 0 N–H and O–H groups in total. The van der Waals surface area contributed by atoms with E-state index in [-0.39, 0.29) is 11.4 Å². The van der Waals surface area contributed by atoms with Gasteiger partial charge in [0.2, 0.25) is 0 Å². The fourth-order valence-electron chi connectivity index (χ4n) is 3.31. The van der Waals surface area contributed by atoms with Crippen LogP contribution in [0.2, 0.25) is 0 Å². The molecule has 1 amide bonds. The minimum absolute atomic E-state index is 0.170. The van der Waals surface area contributed by atoms with Gasteiger partial charge in [0.25, 0.3) is 5.91 Å². The smallest absolute Gasteiger partial charge is 0.253 e. The van der Waals surface area contributed by atoms with E-state index in [1.165, 1.54) is 19.3 Å². The first-order valence-corrected chi connectivity index (χ1v) is 8.20. The fraction of sp³-hybridized carbons (Fsp3) is 0.611. The molecule has 3 heteroatoms. The summed E-state index contributed by atoms with van der Waals surface area (Å²) < 4.78 is 0. The zero-order chi connectivity index (χ0) is 15.3. The molecule has 1 unspecified atom stereocenters. The summed E-state index contributed by atoms with van der Waals surface area (Å²) in [6.45, 7) is 10.6. The largest absolute Gasteiger partial charge is 0.336 e. The van der Waals surface area contributed by atoms with Crippen molar-refractivity contribution in [2.24, 2.45) is 0 Å². The number of benzene rings is 1. The fourth-order valence-corrected chi connectivity index (χ4v) is 3.31. The second-order valence-corrected chi connectivity index (χ2v) is 6.25. The van der Waals surface area contributed by atoms with Crippen molar-refractivity contribution in [1.29, 1.82) is 0 Å². The summed E-state index contributed by atoms with van der Waals surface area (Å²) in [5, 5.41) is 0. The van der Waals surface area contributed by atoms with Gasteiger partial charge in [-0.25, -0.2) is 0 Å². The zero-order valence-corrected chi connectivity index (χ0v) is 13.6. The van der Waals surface area contributed by atoms with E-state index in [2.05, 4.69) is 25.7 Å². The molecule has 1 aromatic rings. The number of hydrogen-bond acceptors (Lipinski definition) is 2. The minimum Gasteiger partial charge on any atom is -0.336 e. The van der Waals surface area contributed by atoms with Crippen LogP contribution in [-0.4, -0.2) is 47.4 Å². The maximum absolute atomic E-state index is 12.5. The van der Waals surface area contributed by atoms with Gasteiger partial charge >= 0.3 is 0 Å². The van der Waals surface area contributed by atoms with E-state index < -0.39 is 0 Å². The van der Waals surface area contributed by atoms with Crippen molar-refractivity contribution in [2.45, 2.75) is 45.6 Å². The first-order chi connectivity index (χ1) is 10.1. The van der Waals surface area contributed by atoms with Gasteiger partial charge in [-0.2, -0.15) is 0 Å². The quantitative estimate of drug-likeness (QED) is 0.829. The molecule has 1 aliphatic rings. The average molecular weight is 288 g/mol. The highest BCUT2D eigenvalue weighted by atomic mass is 16.2. The molecule has 0 saturated carbocycles. The molecule has 1 fully saturated rings. The summed E-state index contributed by atoms with van der Waals surface area (Å²) in [6, 6.07) is 9.62. The van der Waals surface area contributed by atoms with Crippen molar-refractivity contribution in [3.8, 4) is 0 Å². The molecule has 3 nitrogen and oxygen atoms in total.